The van der Waals surface area contributed by atoms with Gasteiger partial charge in [0, 0.05) is 6.21 Å². The fraction of sp³-hybridized carbons (Fsp3) is 0.444. The Morgan fingerprint density at radius 1 is 1.10 bits per heavy atom. The lowest BCUT2D eigenvalue weighted by atomic mass is 9.98. The second kappa shape index (κ2) is 2.41. The molecule has 0 aromatic rings. The van der Waals surface area contributed by atoms with Crippen molar-refractivity contribution in [2.24, 2.45) is 4.99 Å². The SMILES string of the molecule is C1=NC2=CCCC=C2CC1. The van der Waals surface area contributed by atoms with Crippen LogP contribution in [-0.2, 0) is 0 Å². The maximum atomic E-state index is 4.32. The molecule has 1 heteroatoms. The molecular formula is C9H11N. The summed E-state index contributed by atoms with van der Waals surface area (Å²) < 4.78 is 0. The lowest BCUT2D eigenvalue weighted by Gasteiger charge is -2.14. The minimum Gasteiger partial charge on any atom is -0.261 e. The van der Waals surface area contributed by atoms with Crippen molar-refractivity contribution in [3.05, 3.63) is 23.4 Å². The third-order valence-electron chi connectivity index (χ3n) is 2.00. The Bertz CT molecular complexity index is 221. The molecule has 2 aliphatic rings. The second-order valence-electron chi connectivity index (χ2n) is 2.75. The van der Waals surface area contributed by atoms with Crippen molar-refractivity contribution in [2.75, 3.05) is 0 Å². The Balaban J connectivity index is 2.33. The summed E-state index contributed by atoms with van der Waals surface area (Å²) in [5.74, 6) is 0. The molecule has 52 valence electrons. The van der Waals surface area contributed by atoms with Gasteiger partial charge in [0.1, 0.15) is 0 Å². The zero-order chi connectivity index (χ0) is 6.81. The number of aliphatic imine (C=N–C) groups is 1. The van der Waals surface area contributed by atoms with Crippen LogP contribution in [0, 0.1) is 0 Å². The van der Waals surface area contributed by atoms with Crippen molar-refractivity contribution in [2.45, 2.75) is 25.7 Å². The van der Waals surface area contributed by atoms with Crippen LogP contribution in [0.5, 0.6) is 0 Å². The maximum Gasteiger partial charge on any atom is 0.0614 e. The van der Waals surface area contributed by atoms with Crippen LogP contribution in [0.15, 0.2) is 28.4 Å². The highest BCUT2D eigenvalue weighted by Gasteiger charge is 2.09. The molecule has 0 saturated heterocycles. The number of rotatable bonds is 0. The monoisotopic (exact) mass is 133 g/mol. The molecule has 0 saturated carbocycles. The van der Waals surface area contributed by atoms with E-state index in [4.69, 9.17) is 0 Å². The third-order valence-corrected chi connectivity index (χ3v) is 2.00. The molecular weight excluding hydrogens is 122 g/mol. The molecule has 1 aliphatic heterocycles. The Morgan fingerprint density at radius 2 is 2.00 bits per heavy atom. The smallest absolute Gasteiger partial charge is 0.0614 e. The van der Waals surface area contributed by atoms with E-state index in [1.807, 2.05) is 6.21 Å². The molecule has 1 nitrogen and oxygen atoms in total. The number of nitrogens with zero attached hydrogens (tertiary/aromatic N) is 1. The summed E-state index contributed by atoms with van der Waals surface area (Å²) in [4.78, 5) is 4.32. The summed E-state index contributed by atoms with van der Waals surface area (Å²) >= 11 is 0. The predicted octanol–water partition coefficient (Wildman–Crippen LogP) is 2.46. The largest absolute Gasteiger partial charge is 0.261 e. The topological polar surface area (TPSA) is 12.4 Å². The van der Waals surface area contributed by atoms with Crippen LogP contribution in [0.3, 0.4) is 0 Å². The van der Waals surface area contributed by atoms with E-state index in [9.17, 15) is 0 Å². The van der Waals surface area contributed by atoms with Gasteiger partial charge in [-0.2, -0.15) is 0 Å². The van der Waals surface area contributed by atoms with E-state index in [0.29, 0.717) is 0 Å². The number of hydrogen-bond donors (Lipinski definition) is 0. The molecule has 1 heterocycles. The first-order chi connectivity index (χ1) is 4.97. The van der Waals surface area contributed by atoms with Crippen LogP contribution >= 0.6 is 0 Å². The van der Waals surface area contributed by atoms with Gasteiger partial charge in [-0.25, -0.2) is 0 Å². The van der Waals surface area contributed by atoms with Crippen molar-refractivity contribution in [3.63, 3.8) is 0 Å². The standard InChI is InChI=1S/C9H11N/c1-2-6-9-8(4-1)5-3-7-10-9/h4,6-7H,1-3,5H2. The van der Waals surface area contributed by atoms with Crippen LogP contribution in [0.25, 0.3) is 0 Å². The minimum absolute atomic E-state index is 1.13. The second-order valence-corrected chi connectivity index (χ2v) is 2.75. The van der Waals surface area contributed by atoms with Crippen molar-refractivity contribution in [1.29, 1.82) is 0 Å². The third kappa shape index (κ3) is 0.919. The van der Waals surface area contributed by atoms with Gasteiger partial charge in [-0.3, -0.25) is 4.99 Å². The first kappa shape index (κ1) is 5.90. The van der Waals surface area contributed by atoms with E-state index in [1.54, 1.807) is 0 Å². The molecule has 0 N–H and O–H groups in total. The van der Waals surface area contributed by atoms with E-state index >= 15 is 0 Å². The number of hydrogen-bond acceptors (Lipinski definition) is 1. The molecule has 0 bridgehead atoms. The molecule has 0 spiro atoms. The van der Waals surface area contributed by atoms with E-state index < -0.39 is 0 Å². The average molecular weight is 133 g/mol. The highest BCUT2D eigenvalue weighted by molar-refractivity contribution is 5.64. The zero-order valence-electron chi connectivity index (χ0n) is 6.01. The fourth-order valence-electron chi connectivity index (χ4n) is 1.46. The minimum atomic E-state index is 1.13. The molecule has 0 unspecified atom stereocenters. The number of fused-ring (bicyclic) bond motifs is 1. The summed E-state index contributed by atoms with van der Waals surface area (Å²) in [7, 11) is 0. The van der Waals surface area contributed by atoms with Gasteiger partial charge in [-0.1, -0.05) is 12.2 Å². The van der Waals surface area contributed by atoms with E-state index in [-0.39, 0.29) is 0 Å². The van der Waals surface area contributed by atoms with Gasteiger partial charge in [-0.05, 0) is 31.3 Å². The van der Waals surface area contributed by atoms with E-state index in [1.165, 1.54) is 30.5 Å². The van der Waals surface area contributed by atoms with Crippen LogP contribution in [0.4, 0.5) is 0 Å². The van der Waals surface area contributed by atoms with Gasteiger partial charge < -0.3 is 0 Å². The molecule has 0 atom stereocenters. The van der Waals surface area contributed by atoms with Crippen molar-refractivity contribution < 1.29 is 0 Å². The van der Waals surface area contributed by atoms with Crippen LogP contribution in [0.1, 0.15) is 25.7 Å². The fourth-order valence-corrected chi connectivity index (χ4v) is 1.46. The van der Waals surface area contributed by atoms with Crippen LogP contribution in [-0.4, -0.2) is 6.21 Å². The van der Waals surface area contributed by atoms with Gasteiger partial charge in [0.05, 0.1) is 5.70 Å². The molecule has 0 radical (unpaired) electrons. The lowest BCUT2D eigenvalue weighted by molar-refractivity contribution is 0.904. The van der Waals surface area contributed by atoms with Crippen LogP contribution in [0.2, 0.25) is 0 Å². The molecule has 0 fully saturated rings. The molecule has 0 aromatic heterocycles. The Morgan fingerprint density at radius 3 is 2.90 bits per heavy atom. The normalized spacial score (nSPS) is 23.2. The van der Waals surface area contributed by atoms with Gasteiger partial charge in [0.15, 0.2) is 0 Å². The van der Waals surface area contributed by atoms with Crippen molar-refractivity contribution >= 4 is 6.21 Å². The van der Waals surface area contributed by atoms with Gasteiger partial charge >= 0.3 is 0 Å². The lowest BCUT2D eigenvalue weighted by Crippen LogP contribution is -1.99. The summed E-state index contributed by atoms with van der Waals surface area (Å²) in [6.07, 6.45) is 11.3. The van der Waals surface area contributed by atoms with Gasteiger partial charge in [0.25, 0.3) is 0 Å². The predicted molar refractivity (Wildman–Crippen MR) is 43.1 cm³/mol. The Hall–Kier alpha value is -0.850. The molecule has 0 aromatic carbocycles. The van der Waals surface area contributed by atoms with E-state index in [0.717, 1.165) is 6.42 Å². The summed E-state index contributed by atoms with van der Waals surface area (Å²) in [6.45, 7) is 0. The summed E-state index contributed by atoms with van der Waals surface area (Å²) in [5, 5.41) is 0. The molecule has 2 rings (SSSR count). The Labute approximate surface area is 61.2 Å². The molecule has 10 heavy (non-hydrogen) atoms. The molecule has 0 amide bonds. The average Bonchev–Trinajstić information content (AvgIpc) is 2.05. The quantitative estimate of drug-likeness (QED) is 0.481. The van der Waals surface area contributed by atoms with Crippen molar-refractivity contribution in [1.82, 2.24) is 0 Å². The summed E-state index contributed by atoms with van der Waals surface area (Å²) in [5.41, 5.74) is 2.70. The van der Waals surface area contributed by atoms with Crippen molar-refractivity contribution in [3.8, 4) is 0 Å². The maximum absolute atomic E-state index is 4.32. The highest BCUT2D eigenvalue weighted by atomic mass is 14.7. The first-order valence-corrected chi connectivity index (χ1v) is 3.89. The van der Waals surface area contributed by atoms with Crippen LogP contribution < -0.4 is 0 Å². The zero-order valence-corrected chi connectivity index (χ0v) is 6.01. The number of allylic oxidation sites excluding steroid dienone is 3. The molecule has 1 aliphatic carbocycles. The van der Waals surface area contributed by atoms with E-state index in [2.05, 4.69) is 17.1 Å². The first-order valence-electron chi connectivity index (χ1n) is 3.89. The van der Waals surface area contributed by atoms with Gasteiger partial charge in [0.2, 0.25) is 0 Å². The summed E-state index contributed by atoms with van der Waals surface area (Å²) in [6, 6.07) is 0. The highest BCUT2D eigenvalue weighted by Crippen LogP contribution is 2.25. The van der Waals surface area contributed by atoms with Gasteiger partial charge in [-0.15, -0.1) is 0 Å². The Kier molecular flexibility index (Phi) is 1.42.